The van der Waals surface area contributed by atoms with Crippen LogP contribution in [0.1, 0.15) is 16.7 Å². The van der Waals surface area contributed by atoms with E-state index < -0.39 is 0 Å². The number of hydrogen-bond acceptors (Lipinski definition) is 4. The van der Waals surface area contributed by atoms with Crippen molar-refractivity contribution >= 4 is 34.3 Å². The zero-order valence-electron chi connectivity index (χ0n) is 15.4. The molecule has 3 rings (SSSR count). The summed E-state index contributed by atoms with van der Waals surface area (Å²) in [6, 6.07) is 13.9. The second-order valence-corrected chi connectivity index (χ2v) is 7.31. The maximum atomic E-state index is 12.3. The molecule has 0 aliphatic heterocycles. The first-order valence-electron chi connectivity index (χ1n) is 8.41. The molecule has 2 aromatic carbocycles. The molecule has 1 heterocycles. The van der Waals surface area contributed by atoms with E-state index in [0.717, 1.165) is 38.5 Å². The number of pyridine rings is 1. The highest BCUT2D eigenvalue weighted by molar-refractivity contribution is 7.99. The summed E-state index contributed by atoms with van der Waals surface area (Å²) in [4.78, 5) is 16.9. The van der Waals surface area contributed by atoms with Crippen LogP contribution in [0.3, 0.4) is 0 Å². The summed E-state index contributed by atoms with van der Waals surface area (Å²) in [6.07, 6.45) is 0. The molecule has 0 unspecified atom stereocenters. The van der Waals surface area contributed by atoms with Crippen molar-refractivity contribution in [2.45, 2.75) is 25.8 Å². The number of carbonyl (C=O) groups is 1. The summed E-state index contributed by atoms with van der Waals surface area (Å²) in [5.74, 6) is 1.06. The van der Waals surface area contributed by atoms with E-state index >= 15 is 0 Å². The molecule has 1 amide bonds. The van der Waals surface area contributed by atoms with Gasteiger partial charge in [-0.05, 0) is 56.2 Å². The molecule has 4 nitrogen and oxygen atoms in total. The third-order valence-electron chi connectivity index (χ3n) is 4.21. The second kappa shape index (κ2) is 7.79. The van der Waals surface area contributed by atoms with Crippen LogP contribution in [0, 0.1) is 20.8 Å². The van der Waals surface area contributed by atoms with Gasteiger partial charge in [0, 0.05) is 17.1 Å². The first kappa shape index (κ1) is 18.3. The molecule has 0 fully saturated rings. The molecule has 0 saturated heterocycles. The fourth-order valence-electron chi connectivity index (χ4n) is 2.83. The van der Waals surface area contributed by atoms with Crippen LogP contribution in [-0.4, -0.2) is 23.8 Å². The Morgan fingerprint density at radius 3 is 2.62 bits per heavy atom. The average Bonchev–Trinajstić information content (AvgIpc) is 2.62. The van der Waals surface area contributed by atoms with E-state index in [1.807, 2.05) is 50.2 Å². The van der Waals surface area contributed by atoms with Gasteiger partial charge in [0.2, 0.25) is 5.91 Å². The van der Waals surface area contributed by atoms with Crippen molar-refractivity contribution in [1.29, 1.82) is 0 Å². The Labute approximate surface area is 158 Å². The van der Waals surface area contributed by atoms with Crippen molar-refractivity contribution in [2.75, 3.05) is 18.2 Å². The summed E-state index contributed by atoms with van der Waals surface area (Å²) in [7, 11) is 1.64. The molecule has 26 heavy (non-hydrogen) atoms. The monoisotopic (exact) mass is 366 g/mol. The number of rotatable bonds is 5. The molecule has 0 saturated carbocycles. The van der Waals surface area contributed by atoms with Crippen LogP contribution in [0.5, 0.6) is 5.75 Å². The number of fused-ring (bicyclic) bond motifs is 1. The second-order valence-electron chi connectivity index (χ2n) is 6.32. The van der Waals surface area contributed by atoms with Gasteiger partial charge in [-0.2, -0.15) is 0 Å². The van der Waals surface area contributed by atoms with E-state index in [1.165, 1.54) is 17.3 Å². The van der Waals surface area contributed by atoms with E-state index in [0.29, 0.717) is 5.75 Å². The molecule has 0 spiro atoms. The maximum Gasteiger partial charge on any atom is 0.234 e. The Kier molecular flexibility index (Phi) is 5.47. The quantitative estimate of drug-likeness (QED) is 0.653. The molecule has 134 valence electrons. The van der Waals surface area contributed by atoms with Crippen molar-refractivity contribution in [2.24, 2.45) is 0 Å². The number of nitrogens with one attached hydrogen (secondary N) is 1. The molecule has 0 atom stereocenters. The van der Waals surface area contributed by atoms with Crippen LogP contribution in [0.25, 0.3) is 10.9 Å². The van der Waals surface area contributed by atoms with Gasteiger partial charge in [0.15, 0.2) is 0 Å². The summed E-state index contributed by atoms with van der Waals surface area (Å²) in [6.45, 7) is 6.09. The van der Waals surface area contributed by atoms with Gasteiger partial charge in [-0.25, -0.2) is 4.98 Å². The molecular weight excluding hydrogens is 344 g/mol. The lowest BCUT2D eigenvalue weighted by atomic mass is 10.1. The molecule has 1 aromatic heterocycles. The summed E-state index contributed by atoms with van der Waals surface area (Å²) in [5, 5.41) is 4.90. The lowest BCUT2D eigenvalue weighted by Crippen LogP contribution is -2.15. The highest BCUT2D eigenvalue weighted by Crippen LogP contribution is 2.27. The number of benzene rings is 2. The fourth-order valence-corrected chi connectivity index (χ4v) is 3.61. The van der Waals surface area contributed by atoms with Crippen molar-refractivity contribution in [3.05, 3.63) is 59.2 Å². The number of aromatic nitrogens is 1. The number of thioether (sulfide) groups is 1. The van der Waals surface area contributed by atoms with Crippen LogP contribution >= 0.6 is 11.8 Å². The number of hydrogen-bond donors (Lipinski definition) is 1. The van der Waals surface area contributed by atoms with Crippen LogP contribution in [-0.2, 0) is 4.79 Å². The highest BCUT2D eigenvalue weighted by Gasteiger charge is 2.09. The van der Waals surface area contributed by atoms with Gasteiger partial charge in [0.1, 0.15) is 5.75 Å². The Bertz CT molecular complexity index is 970. The van der Waals surface area contributed by atoms with Crippen molar-refractivity contribution < 1.29 is 9.53 Å². The van der Waals surface area contributed by atoms with E-state index in [1.54, 1.807) is 7.11 Å². The van der Waals surface area contributed by atoms with E-state index in [-0.39, 0.29) is 5.91 Å². The van der Waals surface area contributed by atoms with Gasteiger partial charge in [-0.3, -0.25) is 4.79 Å². The van der Waals surface area contributed by atoms with Crippen LogP contribution in [0.2, 0.25) is 0 Å². The summed E-state index contributed by atoms with van der Waals surface area (Å²) >= 11 is 1.44. The standard InChI is InChI=1S/C21H22N2O2S/c1-13-5-8-18(15(3)9-13)22-20(24)12-26-21-10-14(2)17-7-6-16(25-4)11-19(17)23-21/h5-11H,12H2,1-4H3,(H,22,24). The lowest BCUT2D eigenvalue weighted by molar-refractivity contribution is -0.113. The highest BCUT2D eigenvalue weighted by atomic mass is 32.2. The predicted molar refractivity (Wildman–Crippen MR) is 108 cm³/mol. The van der Waals surface area contributed by atoms with Gasteiger partial charge in [0.05, 0.1) is 23.4 Å². The first-order valence-corrected chi connectivity index (χ1v) is 9.40. The minimum atomic E-state index is -0.0351. The summed E-state index contributed by atoms with van der Waals surface area (Å²) < 4.78 is 5.28. The molecule has 0 radical (unpaired) electrons. The van der Waals surface area contributed by atoms with Crippen LogP contribution in [0.15, 0.2) is 47.5 Å². The van der Waals surface area contributed by atoms with Crippen LogP contribution < -0.4 is 10.1 Å². The number of methoxy groups -OCH3 is 1. The van der Waals surface area contributed by atoms with Crippen LogP contribution in [0.4, 0.5) is 5.69 Å². The van der Waals surface area contributed by atoms with Gasteiger partial charge < -0.3 is 10.1 Å². The number of anilines is 1. The van der Waals surface area contributed by atoms with Gasteiger partial charge >= 0.3 is 0 Å². The largest absolute Gasteiger partial charge is 0.497 e. The number of carbonyl (C=O) groups excluding carboxylic acids is 1. The zero-order chi connectivity index (χ0) is 18.7. The third-order valence-corrected chi connectivity index (χ3v) is 5.12. The fraction of sp³-hybridized carbons (Fsp3) is 0.238. The van der Waals surface area contributed by atoms with Crippen molar-refractivity contribution in [1.82, 2.24) is 4.98 Å². The topological polar surface area (TPSA) is 51.2 Å². The third kappa shape index (κ3) is 4.17. The molecule has 0 aliphatic carbocycles. The molecule has 0 bridgehead atoms. The minimum absolute atomic E-state index is 0.0351. The normalized spacial score (nSPS) is 10.8. The van der Waals surface area contributed by atoms with Crippen molar-refractivity contribution in [3.8, 4) is 5.75 Å². The Hall–Kier alpha value is -2.53. The van der Waals surface area contributed by atoms with Gasteiger partial charge in [0.25, 0.3) is 0 Å². The number of nitrogens with zero attached hydrogens (tertiary/aromatic N) is 1. The molecular formula is C21H22N2O2S. The molecule has 1 N–H and O–H groups in total. The van der Waals surface area contributed by atoms with E-state index in [2.05, 4.69) is 23.3 Å². The lowest BCUT2D eigenvalue weighted by Gasteiger charge is -2.10. The summed E-state index contributed by atoms with van der Waals surface area (Å²) in [5.41, 5.74) is 5.11. The Morgan fingerprint density at radius 2 is 1.88 bits per heavy atom. The van der Waals surface area contributed by atoms with E-state index in [9.17, 15) is 4.79 Å². The Balaban J connectivity index is 1.71. The SMILES string of the molecule is COc1ccc2c(C)cc(SCC(=O)Nc3ccc(C)cc3C)nc2c1. The first-order chi connectivity index (χ1) is 12.5. The average molecular weight is 366 g/mol. The minimum Gasteiger partial charge on any atom is -0.497 e. The Morgan fingerprint density at radius 1 is 1.08 bits per heavy atom. The molecule has 3 aromatic rings. The molecule has 5 heteroatoms. The van der Waals surface area contributed by atoms with Gasteiger partial charge in [-0.15, -0.1) is 0 Å². The molecule has 0 aliphatic rings. The van der Waals surface area contributed by atoms with Crippen molar-refractivity contribution in [3.63, 3.8) is 0 Å². The van der Waals surface area contributed by atoms with Gasteiger partial charge in [-0.1, -0.05) is 29.5 Å². The number of ether oxygens (including phenoxy) is 1. The van der Waals surface area contributed by atoms with E-state index in [4.69, 9.17) is 4.74 Å². The number of aryl methyl sites for hydroxylation is 3. The smallest absolute Gasteiger partial charge is 0.234 e. The zero-order valence-corrected chi connectivity index (χ0v) is 16.2. The predicted octanol–water partition coefficient (Wildman–Crippen LogP) is 4.90. The maximum absolute atomic E-state index is 12.3. The number of amides is 1.